The van der Waals surface area contributed by atoms with Gasteiger partial charge in [0.1, 0.15) is 18.0 Å². The maximum absolute atomic E-state index is 12.4. The van der Waals surface area contributed by atoms with Crippen LogP contribution in [0.2, 0.25) is 0 Å². The van der Waals surface area contributed by atoms with Crippen molar-refractivity contribution in [1.29, 1.82) is 0 Å². The summed E-state index contributed by atoms with van der Waals surface area (Å²) < 4.78 is 46.6. The number of amides is 3. The van der Waals surface area contributed by atoms with Crippen molar-refractivity contribution in [2.75, 3.05) is 18.0 Å². The summed E-state index contributed by atoms with van der Waals surface area (Å²) in [5.74, 6) is -0.783. The van der Waals surface area contributed by atoms with Crippen LogP contribution in [0.1, 0.15) is 12.5 Å². The average Bonchev–Trinajstić information content (AvgIpc) is 2.91. The summed E-state index contributed by atoms with van der Waals surface area (Å²) in [6.45, 7) is 3.57. The van der Waals surface area contributed by atoms with E-state index < -0.39 is 24.1 Å². The van der Waals surface area contributed by atoms with Gasteiger partial charge < -0.3 is 14.4 Å². The van der Waals surface area contributed by atoms with Crippen LogP contribution >= 0.6 is 0 Å². The Kier molecular flexibility index (Phi) is 5.08. The van der Waals surface area contributed by atoms with Gasteiger partial charge in [0.2, 0.25) is 0 Å². The number of rotatable bonds is 5. The molecule has 1 aliphatic heterocycles. The zero-order chi connectivity index (χ0) is 20.5. The second-order valence-electron chi connectivity index (χ2n) is 5.83. The number of hydrogen-bond donors (Lipinski definition) is 0. The molecule has 0 radical (unpaired) electrons. The van der Waals surface area contributed by atoms with Crippen LogP contribution in [0.25, 0.3) is 0 Å². The van der Waals surface area contributed by atoms with Gasteiger partial charge in [0.15, 0.2) is 0 Å². The van der Waals surface area contributed by atoms with Crippen LogP contribution in [0.15, 0.2) is 30.6 Å². The van der Waals surface area contributed by atoms with Crippen LogP contribution in [0, 0.1) is 6.92 Å². The minimum absolute atomic E-state index is 0.0288. The van der Waals surface area contributed by atoms with Crippen LogP contribution in [0.5, 0.6) is 17.5 Å². The Hall–Kier alpha value is -3.37. The van der Waals surface area contributed by atoms with Crippen molar-refractivity contribution in [3.8, 4) is 17.5 Å². The Morgan fingerprint density at radius 2 is 1.86 bits per heavy atom. The Labute approximate surface area is 157 Å². The predicted molar refractivity (Wildman–Crippen MR) is 90.1 cm³/mol. The van der Waals surface area contributed by atoms with E-state index in [1.807, 2.05) is 0 Å². The summed E-state index contributed by atoms with van der Waals surface area (Å²) >= 11 is 0. The van der Waals surface area contributed by atoms with E-state index in [0.29, 0.717) is 6.54 Å². The molecular weight excluding hydrogens is 381 g/mol. The number of ether oxygens (including phenoxy) is 2. The first kappa shape index (κ1) is 19.4. The lowest BCUT2D eigenvalue weighted by atomic mass is 10.2. The molecule has 0 saturated carbocycles. The molecule has 0 aliphatic carbocycles. The number of imide groups is 1. The normalized spacial score (nSPS) is 14.6. The first-order chi connectivity index (χ1) is 13.2. The lowest BCUT2D eigenvalue weighted by molar-refractivity contribution is -0.274. The average molecular weight is 396 g/mol. The first-order valence-electron chi connectivity index (χ1n) is 8.16. The maximum atomic E-state index is 12.4. The van der Waals surface area contributed by atoms with Gasteiger partial charge in [0.05, 0.1) is 18.1 Å². The van der Waals surface area contributed by atoms with Gasteiger partial charge in [-0.15, -0.1) is 13.2 Å². The molecule has 1 fully saturated rings. The Morgan fingerprint density at radius 3 is 2.43 bits per heavy atom. The smallest absolute Gasteiger partial charge is 0.424 e. The van der Waals surface area contributed by atoms with E-state index in [9.17, 15) is 22.8 Å². The highest BCUT2D eigenvalue weighted by Gasteiger charge is 2.36. The Balaban J connectivity index is 1.76. The van der Waals surface area contributed by atoms with Gasteiger partial charge in [-0.25, -0.2) is 19.7 Å². The van der Waals surface area contributed by atoms with Gasteiger partial charge in [0, 0.05) is 12.6 Å². The number of halogens is 3. The molecule has 0 atom stereocenters. The van der Waals surface area contributed by atoms with E-state index in [-0.39, 0.29) is 29.6 Å². The van der Waals surface area contributed by atoms with Gasteiger partial charge in [-0.3, -0.25) is 4.79 Å². The molecule has 0 N–H and O–H groups in total. The number of carbonyl (C=O) groups is 2. The monoisotopic (exact) mass is 396 g/mol. The number of aromatic nitrogens is 2. The fourth-order valence-electron chi connectivity index (χ4n) is 2.51. The summed E-state index contributed by atoms with van der Waals surface area (Å²) in [6, 6.07) is 3.25. The number of anilines is 1. The molecule has 0 bridgehead atoms. The molecule has 2 aromatic rings. The molecule has 0 spiro atoms. The number of urea groups is 1. The van der Waals surface area contributed by atoms with Crippen LogP contribution in [-0.2, 0) is 4.79 Å². The second-order valence-corrected chi connectivity index (χ2v) is 5.83. The summed E-state index contributed by atoms with van der Waals surface area (Å²) in [5, 5.41) is 0. The van der Waals surface area contributed by atoms with Crippen molar-refractivity contribution in [2.24, 2.45) is 0 Å². The molecule has 28 heavy (non-hydrogen) atoms. The quantitative estimate of drug-likeness (QED) is 0.722. The van der Waals surface area contributed by atoms with Crippen molar-refractivity contribution in [3.63, 3.8) is 0 Å². The van der Waals surface area contributed by atoms with Gasteiger partial charge >= 0.3 is 18.4 Å². The third kappa shape index (κ3) is 4.13. The largest absolute Gasteiger partial charge is 0.573 e. The summed E-state index contributed by atoms with van der Waals surface area (Å²) in [4.78, 5) is 34.3. The van der Waals surface area contributed by atoms with Crippen molar-refractivity contribution in [1.82, 2.24) is 14.9 Å². The fraction of sp³-hybridized carbons (Fsp3) is 0.294. The third-order valence-corrected chi connectivity index (χ3v) is 3.89. The standard InChI is InChI=1S/C17H15F3N4O4/c1-3-23-9-14(25)24(16(23)26)11-7-21-15(22-8-11)27-12-5-4-10(2)13(6-12)28-17(18,19)20/h4-8H,3,9H2,1-2H3. The minimum atomic E-state index is -4.83. The van der Waals surface area contributed by atoms with E-state index in [1.54, 1.807) is 6.92 Å². The number of nitrogens with zero attached hydrogens (tertiary/aromatic N) is 4. The highest BCUT2D eigenvalue weighted by atomic mass is 19.4. The molecule has 2 heterocycles. The van der Waals surface area contributed by atoms with E-state index in [4.69, 9.17) is 4.74 Å². The summed E-state index contributed by atoms with van der Waals surface area (Å²) in [5.41, 5.74) is 0.441. The number of carbonyl (C=O) groups excluding carboxylic acids is 2. The molecule has 0 unspecified atom stereocenters. The predicted octanol–water partition coefficient (Wildman–Crippen LogP) is 3.26. The zero-order valence-corrected chi connectivity index (χ0v) is 14.9. The van der Waals surface area contributed by atoms with Gasteiger partial charge in [-0.2, -0.15) is 0 Å². The first-order valence-corrected chi connectivity index (χ1v) is 8.16. The topological polar surface area (TPSA) is 84.9 Å². The summed E-state index contributed by atoms with van der Waals surface area (Å²) in [6.07, 6.45) is -2.39. The van der Waals surface area contributed by atoms with Gasteiger partial charge in [-0.1, -0.05) is 6.07 Å². The van der Waals surface area contributed by atoms with Crippen LogP contribution in [0.4, 0.5) is 23.7 Å². The van der Waals surface area contributed by atoms with Gasteiger partial charge in [-0.05, 0) is 25.5 Å². The molecular formula is C17H15F3N4O4. The highest BCUT2D eigenvalue weighted by Crippen LogP contribution is 2.31. The third-order valence-electron chi connectivity index (χ3n) is 3.89. The number of likely N-dealkylation sites (N-methyl/N-ethyl adjacent to an activating group) is 1. The van der Waals surface area contributed by atoms with E-state index in [2.05, 4.69) is 14.7 Å². The molecule has 1 aromatic carbocycles. The van der Waals surface area contributed by atoms with Gasteiger partial charge in [0.25, 0.3) is 5.91 Å². The number of aryl methyl sites for hydroxylation is 1. The molecule has 148 valence electrons. The number of benzene rings is 1. The van der Waals surface area contributed by atoms with Crippen LogP contribution < -0.4 is 14.4 Å². The fourth-order valence-corrected chi connectivity index (χ4v) is 2.51. The van der Waals surface area contributed by atoms with Crippen LogP contribution in [0.3, 0.4) is 0 Å². The lowest BCUT2D eigenvalue weighted by Crippen LogP contribution is -2.33. The van der Waals surface area contributed by atoms with Crippen molar-refractivity contribution in [3.05, 3.63) is 36.2 Å². The molecule has 3 rings (SSSR count). The molecule has 3 amide bonds. The number of hydrogen-bond acceptors (Lipinski definition) is 6. The highest BCUT2D eigenvalue weighted by molar-refractivity contribution is 6.19. The summed E-state index contributed by atoms with van der Waals surface area (Å²) in [7, 11) is 0. The zero-order valence-electron chi connectivity index (χ0n) is 14.9. The lowest BCUT2D eigenvalue weighted by Gasteiger charge is -2.15. The van der Waals surface area contributed by atoms with Crippen LogP contribution in [-0.4, -0.2) is 46.3 Å². The SMILES string of the molecule is CCN1CC(=O)N(c2cnc(Oc3ccc(C)c(OC(F)(F)F)c3)nc2)C1=O. The molecule has 1 aliphatic rings. The van der Waals surface area contributed by atoms with Crippen molar-refractivity contribution >= 4 is 17.6 Å². The van der Waals surface area contributed by atoms with Crippen molar-refractivity contribution in [2.45, 2.75) is 20.2 Å². The second kappa shape index (κ2) is 7.33. The van der Waals surface area contributed by atoms with Crippen molar-refractivity contribution < 1.29 is 32.2 Å². The molecule has 11 heteroatoms. The maximum Gasteiger partial charge on any atom is 0.573 e. The molecule has 8 nitrogen and oxygen atoms in total. The van der Waals surface area contributed by atoms with E-state index in [0.717, 1.165) is 11.0 Å². The number of alkyl halides is 3. The van der Waals surface area contributed by atoms with E-state index >= 15 is 0 Å². The minimum Gasteiger partial charge on any atom is -0.424 e. The molecule has 1 saturated heterocycles. The Bertz CT molecular complexity index is 902. The Morgan fingerprint density at radius 1 is 1.18 bits per heavy atom. The van der Waals surface area contributed by atoms with E-state index in [1.165, 1.54) is 36.4 Å². The molecule has 1 aromatic heterocycles.